The van der Waals surface area contributed by atoms with Crippen molar-refractivity contribution in [2.24, 2.45) is 5.92 Å². The molecule has 0 spiro atoms. The highest BCUT2D eigenvalue weighted by Gasteiger charge is 2.38. The third kappa shape index (κ3) is 4.57. The Balaban J connectivity index is 1.56. The molecule has 8 heteroatoms. The highest BCUT2D eigenvalue weighted by molar-refractivity contribution is 7.89. The summed E-state index contributed by atoms with van der Waals surface area (Å²) >= 11 is 0. The maximum absolute atomic E-state index is 12.4. The minimum absolute atomic E-state index is 0.0102. The number of carboxylic acids is 1. The van der Waals surface area contributed by atoms with Crippen molar-refractivity contribution in [2.75, 3.05) is 13.1 Å². The Morgan fingerprint density at radius 1 is 1.28 bits per heavy atom. The van der Waals surface area contributed by atoms with Gasteiger partial charge in [0.05, 0.1) is 23.1 Å². The normalized spacial score (nSPS) is 23.0. The summed E-state index contributed by atoms with van der Waals surface area (Å²) < 4.78 is 27.4. The van der Waals surface area contributed by atoms with Crippen LogP contribution in [-0.4, -0.2) is 49.6 Å². The standard InChI is InChI=1S/C17H21N3O4S/c18-9-12-3-5-16(6-4-12)25(23,24)19-14-7-15(8-14)20(11-17(21)22)10-13-1-2-13/h3-6,13-15,19H,1-2,7-8,10-11H2,(H,21,22). The van der Waals surface area contributed by atoms with Crippen LogP contribution in [0.1, 0.15) is 31.2 Å². The van der Waals surface area contributed by atoms with Crippen LogP contribution in [0.25, 0.3) is 0 Å². The summed E-state index contributed by atoms with van der Waals surface area (Å²) in [5.74, 6) is -0.254. The Morgan fingerprint density at radius 2 is 1.92 bits per heavy atom. The lowest BCUT2D eigenvalue weighted by Gasteiger charge is -2.42. The molecule has 2 fully saturated rings. The molecule has 0 unspecified atom stereocenters. The van der Waals surface area contributed by atoms with E-state index < -0.39 is 16.0 Å². The van der Waals surface area contributed by atoms with E-state index in [4.69, 9.17) is 10.4 Å². The Bertz CT molecular complexity index is 775. The van der Waals surface area contributed by atoms with Gasteiger partial charge < -0.3 is 5.11 Å². The Morgan fingerprint density at radius 3 is 2.44 bits per heavy atom. The number of carbonyl (C=O) groups is 1. The van der Waals surface area contributed by atoms with Gasteiger partial charge in [-0.3, -0.25) is 9.69 Å². The van der Waals surface area contributed by atoms with Gasteiger partial charge >= 0.3 is 5.97 Å². The van der Waals surface area contributed by atoms with Crippen LogP contribution in [0.3, 0.4) is 0 Å². The van der Waals surface area contributed by atoms with Crippen LogP contribution in [0.5, 0.6) is 0 Å². The molecule has 2 aliphatic carbocycles. The first-order chi connectivity index (χ1) is 11.9. The average molecular weight is 363 g/mol. The number of hydrogen-bond donors (Lipinski definition) is 2. The van der Waals surface area contributed by atoms with Crippen molar-refractivity contribution in [3.63, 3.8) is 0 Å². The van der Waals surface area contributed by atoms with E-state index in [-0.39, 0.29) is 23.5 Å². The van der Waals surface area contributed by atoms with Gasteiger partial charge in [-0.05, 0) is 55.9 Å². The molecule has 25 heavy (non-hydrogen) atoms. The lowest BCUT2D eigenvalue weighted by Crippen LogP contribution is -2.55. The van der Waals surface area contributed by atoms with Gasteiger partial charge in [0.25, 0.3) is 0 Å². The van der Waals surface area contributed by atoms with Gasteiger partial charge in [-0.2, -0.15) is 5.26 Å². The molecule has 2 N–H and O–H groups in total. The Kier molecular flexibility index (Phi) is 5.08. The predicted octanol–water partition coefficient (Wildman–Crippen LogP) is 1.16. The summed E-state index contributed by atoms with van der Waals surface area (Å²) in [5, 5.41) is 17.8. The number of hydrogen-bond acceptors (Lipinski definition) is 5. The fourth-order valence-electron chi connectivity index (χ4n) is 3.13. The molecule has 0 bridgehead atoms. The van der Waals surface area contributed by atoms with Gasteiger partial charge in [-0.15, -0.1) is 0 Å². The number of sulfonamides is 1. The number of carboxylic acid groups (broad SMARTS) is 1. The number of nitrogens with zero attached hydrogens (tertiary/aromatic N) is 2. The van der Waals surface area contributed by atoms with E-state index in [2.05, 4.69) is 4.72 Å². The number of aliphatic carboxylic acids is 1. The molecule has 134 valence electrons. The highest BCUT2D eigenvalue weighted by Crippen LogP contribution is 2.34. The van der Waals surface area contributed by atoms with E-state index in [1.807, 2.05) is 11.0 Å². The largest absolute Gasteiger partial charge is 0.480 e. The summed E-state index contributed by atoms with van der Waals surface area (Å²) in [5.41, 5.74) is 0.409. The predicted molar refractivity (Wildman–Crippen MR) is 90.2 cm³/mol. The minimum atomic E-state index is -3.62. The molecule has 2 saturated carbocycles. The monoisotopic (exact) mass is 363 g/mol. The van der Waals surface area contributed by atoms with Crippen LogP contribution in [-0.2, 0) is 14.8 Å². The van der Waals surface area contributed by atoms with Gasteiger partial charge in [-0.1, -0.05) is 0 Å². The van der Waals surface area contributed by atoms with Gasteiger partial charge in [0.15, 0.2) is 0 Å². The number of rotatable bonds is 8. The van der Waals surface area contributed by atoms with Crippen LogP contribution in [0.15, 0.2) is 29.2 Å². The second kappa shape index (κ2) is 7.12. The molecular formula is C17H21N3O4S. The maximum Gasteiger partial charge on any atom is 0.317 e. The van der Waals surface area contributed by atoms with Crippen molar-refractivity contribution < 1.29 is 18.3 Å². The molecule has 0 saturated heterocycles. The van der Waals surface area contributed by atoms with Crippen LogP contribution in [0.2, 0.25) is 0 Å². The first-order valence-electron chi connectivity index (χ1n) is 8.35. The van der Waals surface area contributed by atoms with Gasteiger partial charge in [-0.25, -0.2) is 13.1 Å². The first kappa shape index (κ1) is 17.9. The first-order valence-corrected chi connectivity index (χ1v) is 9.84. The lowest BCUT2D eigenvalue weighted by atomic mass is 9.86. The molecule has 1 aromatic rings. The van der Waals surface area contributed by atoms with Crippen molar-refractivity contribution in [1.82, 2.24) is 9.62 Å². The van der Waals surface area contributed by atoms with Crippen molar-refractivity contribution in [1.29, 1.82) is 5.26 Å². The van der Waals surface area contributed by atoms with Gasteiger partial charge in [0, 0.05) is 18.6 Å². The topological polar surface area (TPSA) is 110 Å². The molecule has 0 aromatic heterocycles. The second-order valence-electron chi connectivity index (χ2n) is 6.85. The molecule has 0 aliphatic heterocycles. The van der Waals surface area contributed by atoms with E-state index >= 15 is 0 Å². The molecule has 2 aliphatic rings. The van der Waals surface area contributed by atoms with Crippen LogP contribution in [0.4, 0.5) is 0 Å². The number of benzene rings is 1. The second-order valence-corrected chi connectivity index (χ2v) is 8.56. The summed E-state index contributed by atoms with van der Waals surface area (Å²) in [7, 11) is -3.62. The van der Waals surface area contributed by atoms with E-state index in [0.29, 0.717) is 24.3 Å². The van der Waals surface area contributed by atoms with E-state index in [9.17, 15) is 13.2 Å². The molecule has 0 radical (unpaired) electrons. The fraction of sp³-hybridized carbons (Fsp3) is 0.529. The molecule has 3 rings (SSSR count). The van der Waals surface area contributed by atoms with Crippen LogP contribution in [0, 0.1) is 17.2 Å². The molecule has 0 amide bonds. The van der Waals surface area contributed by atoms with Crippen molar-refractivity contribution >= 4 is 16.0 Å². The minimum Gasteiger partial charge on any atom is -0.480 e. The SMILES string of the molecule is N#Cc1ccc(S(=O)(=O)NC2CC(N(CC(=O)O)CC3CC3)C2)cc1. The third-order valence-electron chi connectivity index (χ3n) is 4.77. The summed E-state index contributed by atoms with van der Waals surface area (Å²) in [4.78, 5) is 13.1. The summed E-state index contributed by atoms with van der Waals surface area (Å²) in [6, 6.07) is 7.68. The third-order valence-corrected chi connectivity index (χ3v) is 6.31. The molecule has 7 nitrogen and oxygen atoms in total. The van der Waals surface area contributed by atoms with E-state index in [0.717, 1.165) is 19.4 Å². The van der Waals surface area contributed by atoms with Crippen molar-refractivity contribution in [3.05, 3.63) is 29.8 Å². The van der Waals surface area contributed by atoms with Gasteiger partial charge in [0.2, 0.25) is 10.0 Å². The zero-order chi connectivity index (χ0) is 18.0. The lowest BCUT2D eigenvalue weighted by molar-refractivity contribution is -0.139. The quantitative estimate of drug-likeness (QED) is 0.717. The average Bonchev–Trinajstić information content (AvgIpc) is 3.33. The van der Waals surface area contributed by atoms with Crippen LogP contribution < -0.4 is 4.72 Å². The summed E-state index contributed by atoms with van der Waals surface area (Å²) in [6.45, 7) is 0.794. The highest BCUT2D eigenvalue weighted by atomic mass is 32.2. The van der Waals surface area contributed by atoms with Crippen LogP contribution >= 0.6 is 0 Å². The van der Waals surface area contributed by atoms with Gasteiger partial charge in [0.1, 0.15) is 0 Å². The molecule has 0 heterocycles. The fourth-order valence-corrected chi connectivity index (χ4v) is 4.39. The maximum atomic E-state index is 12.4. The molecule has 0 atom stereocenters. The summed E-state index contributed by atoms with van der Waals surface area (Å²) in [6.07, 6.45) is 3.54. The Hall–Kier alpha value is -1.95. The Labute approximate surface area is 147 Å². The smallest absolute Gasteiger partial charge is 0.317 e. The van der Waals surface area contributed by atoms with E-state index in [1.54, 1.807) is 0 Å². The zero-order valence-corrected chi connectivity index (χ0v) is 14.6. The number of nitrogens with one attached hydrogen (secondary N) is 1. The van der Waals surface area contributed by atoms with Crippen molar-refractivity contribution in [3.8, 4) is 6.07 Å². The number of nitriles is 1. The molecular weight excluding hydrogens is 342 g/mol. The van der Waals surface area contributed by atoms with E-state index in [1.165, 1.54) is 24.3 Å². The molecule has 1 aromatic carbocycles. The van der Waals surface area contributed by atoms with Crippen molar-refractivity contribution in [2.45, 2.75) is 42.7 Å². The zero-order valence-electron chi connectivity index (χ0n) is 13.8.